The lowest BCUT2D eigenvalue weighted by atomic mass is 10.2. The Bertz CT molecular complexity index is 1070. The molecule has 3 rings (SSSR count). The lowest BCUT2D eigenvalue weighted by molar-refractivity contribution is 0.449. The monoisotopic (exact) mass is 634 g/mol. The number of aryl methyl sites for hydroxylation is 2. The molecule has 0 aliphatic carbocycles. The van der Waals surface area contributed by atoms with Gasteiger partial charge in [-0.3, -0.25) is 0 Å². The molecule has 0 radical (unpaired) electrons. The van der Waals surface area contributed by atoms with Crippen molar-refractivity contribution in [1.29, 1.82) is 0 Å². The summed E-state index contributed by atoms with van der Waals surface area (Å²) < 4.78 is 56.5. The molecule has 0 aromatic heterocycles. The highest BCUT2D eigenvalue weighted by atomic mass is 32.2. The normalized spacial score (nSPS) is 19.4. The fourth-order valence-corrected chi connectivity index (χ4v) is 11.2. The maximum absolute atomic E-state index is 13.3. The van der Waals surface area contributed by atoms with Gasteiger partial charge in [0.25, 0.3) is 0 Å². The summed E-state index contributed by atoms with van der Waals surface area (Å²) >= 11 is 7.00. The predicted molar refractivity (Wildman–Crippen MR) is 169 cm³/mol. The Labute approximate surface area is 246 Å². The minimum absolute atomic E-state index is 0.358. The van der Waals surface area contributed by atoms with Crippen molar-refractivity contribution in [2.75, 3.05) is 72.2 Å². The predicted octanol–water partition coefficient (Wildman–Crippen LogP) is 4.93. The van der Waals surface area contributed by atoms with Gasteiger partial charge in [0, 0.05) is 72.2 Å². The Morgan fingerprint density at radius 1 is 0.474 bits per heavy atom. The molecule has 12 heteroatoms. The molecule has 0 bridgehead atoms. The van der Waals surface area contributed by atoms with Gasteiger partial charge in [-0.2, -0.15) is 55.7 Å². The van der Waals surface area contributed by atoms with Crippen molar-refractivity contribution in [3.63, 3.8) is 0 Å². The molecule has 1 heterocycles. The first-order valence-corrected chi connectivity index (χ1v) is 20.2. The molecule has 212 valence electrons. The van der Waals surface area contributed by atoms with Crippen molar-refractivity contribution < 1.29 is 16.8 Å². The molecule has 0 unspecified atom stereocenters. The smallest absolute Gasteiger partial charge is 0.207 e. The van der Waals surface area contributed by atoms with Crippen molar-refractivity contribution >= 4 is 67.1 Å². The van der Waals surface area contributed by atoms with E-state index in [1.165, 1.54) is 0 Å². The van der Waals surface area contributed by atoms with Crippen LogP contribution in [0.1, 0.15) is 11.1 Å². The van der Waals surface area contributed by atoms with Crippen LogP contribution in [0, 0.1) is 13.8 Å². The van der Waals surface area contributed by atoms with Crippen LogP contribution < -0.4 is 0 Å². The Morgan fingerprint density at radius 2 is 0.737 bits per heavy atom. The van der Waals surface area contributed by atoms with E-state index in [1.54, 1.807) is 79.9 Å². The number of rotatable bonds is 4. The van der Waals surface area contributed by atoms with Gasteiger partial charge in [-0.05, 0) is 38.1 Å². The van der Waals surface area contributed by atoms with Crippen LogP contribution in [-0.4, -0.2) is 97.6 Å². The first kappa shape index (κ1) is 32.2. The van der Waals surface area contributed by atoms with Gasteiger partial charge in [0.1, 0.15) is 0 Å². The zero-order valence-corrected chi connectivity index (χ0v) is 27.0. The van der Waals surface area contributed by atoms with E-state index in [0.29, 0.717) is 36.0 Å². The molecule has 0 saturated carbocycles. The molecule has 1 saturated heterocycles. The summed E-state index contributed by atoms with van der Waals surface area (Å²) in [5, 5.41) is 0. The molecule has 38 heavy (non-hydrogen) atoms. The van der Waals surface area contributed by atoms with Crippen molar-refractivity contribution in [3.8, 4) is 0 Å². The lowest BCUT2D eigenvalue weighted by Gasteiger charge is -2.23. The van der Waals surface area contributed by atoms with E-state index in [1.807, 2.05) is 38.1 Å². The number of thioether (sulfide) groups is 4. The van der Waals surface area contributed by atoms with Crippen LogP contribution in [0.4, 0.5) is 0 Å². The molecule has 6 nitrogen and oxygen atoms in total. The van der Waals surface area contributed by atoms with Gasteiger partial charge in [0.05, 0.1) is 9.79 Å². The van der Waals surface area contributed by atoms with Crippen molar-refractivity contribution in [2.24, 2.45) is 0 Å². The van der Waals surface area contributed by atoms with Gasteiger partial charge >= 0.3 is 0 Å². The van der Waals surface area contributed by atoms with E-state index in [-0.39, 0.29) is 0 Å². The zero-order chi connectivity index (χ0) is 27.4. The van der Waals surface area contributed by atoms with E-state index in [2.05, 4.69) is 0 Å². The van der Waals surface area contributed by atoms with Crippen molar-refractivity contribution in [2.45, 2.75) is 23.6 Å². The van der Waals surface area contributed by atoms with Gasteiger partial charge in [-0.25, -0.2) is 16.8 Å². The number of sulfonamides is 2. The van der Waals surface area contributed by atoms with E-state index in [4.69, 9.17) is 0 Å². The van der Waals surface area contributed by atoms with Crippen LogP contribution in [0.2, 0.25) is 0 Å². The minimum Gasteiger partial charge on any atom is -0.207 e. The van der Waals surface area contributed by atoms with Crippen LogP contribution in [0.25, 0.3) is 0 Å². The zero-order valence-electron chi connectivity index (χ0n) is 22.1. The summed E-state index contributed by atoms with van der Waals surface area (Å²) in [6, 6.07) is 14.2. The van der Waals surface area contributed by atoms with Gasteiger partial charge in [0.15, 0.2) is 0 Å². The number of hydrogen-bond acceptors (Lipinski definition) is 8. The van der Waals surface area contributed by atoms with Crippen molar-refractivity contribution in [1.82, 2.24) is 8.61 Å². The highest BCUT2D eigenvalue weighted by molar-refractivity contribution is 8.03. The first-order valence-electron chi connectivity index (χ1n) is 12.7. The Hall–Kier alpha value is -0.340. The Balaban J connectivity index is 1.59. The molecule has 0 amide bonds. The summed E-state index contributed by atoms with van der Waals surface area (Å²) in [4.78, 5) is 0.716. The molecule has 0 spiro atoms. The average Bonchev–Trinajstić information content (AvgIpc) is 2.89. The molecule has 0 atom stereocenters. The average molecular weight is 635 g/mol. The molecule has 2 aromatic rings. The largest absolute Gasteiger partial charge is 0.243 e. The molecular weight excluding hydrogens is 597 g/mol. The van der Waals surface area contributed by atoms with E-state index in [9.17, 15) is 16.8 Å². The minimum atomic E-state index is -3.52. The SMILES string of the molecule is Cc1ccc(S(=O)(=O)N2CCSCCSCCN(S(=O)(=O)c3ccc(C)cc3)CCSCCSCC2)cc1. The Morgan fingerprint density at radius 3 is 1.00 bits per heavy atom. The quantitative estimate of drug-likeness (QED) is 0.469. The molecule has 1 aliphatic rings. The number of hydrogen-bond donors (Lipinski definition) is 0. The molecule has 1 fully saturated rings. The van der Waals surface area contributed by atoms with Crippen LogP contribution in [-0.2, 0) is 20.0 Å². The van der Waals surface area contributed by atoms with Crippen LogP contribution in [0.3, 0.4) is 0 Å². The van der Waals surface area contributed by atoms with Crippen molar-refractivity contribution in [3.05, 3.63) is 59.7 Å². The first-order chi connectivity index (χ1) is 18.2. The van der Waals surface area contributed by atoms with Crippen LogP contribution in [0.5, 0.6) is 0 Å². The molecule has 2 aromatic carbocycles. The summed E-state index contributed by atoms with van der Waals surface area (Å²) in [6.45, 7) is 5.87. The second kappa shape index (κ2) is 16.2. The summed E-state index contributed by atoms with van der Waals surface area (Å²) in [5.41, 5.74) is 2.08. The van der Waals surface area contributed by atoms with Crippen LogP contribution in [0.15, 0.2) is 58.3 Å². The highest BCUT2D eigenvalue weighted by Gasteiger charge is 2.25. The highest BCUT2D eigenvalue weighted by Crippen LogP contribution is 2.21. The number of benzene rings is 2. The topological polar surface area (TPSA) is 74.8 Å². The third kappa shape index (κ3) is 9.94. The second-order valence-corrected chi connectivity index (χ2v) is 17.7. The summed E-state index contributed by atoms with van der Waals surface area (Å²) in [7, 11) is -7.04. The van der Waals surface area contributed by atoms with Gasteiger partial charge < -0.3 is 0 Å². The van der Waals surface area contributed by atoms with E-state index < -0.39 is 20.0 Å². The molecular formula is C26H38N2O4S6. The van der Waals surface area contributed by atoms with Gasteiger partial charge in [-0.15, -0.1) is 0 Å². The van der Waals surface area contributed by atoms with Gasteiger partial charge in [-0.1, -0.05) is 35.4 Å². The van der Waals surface area contributed by atoms with Crippen LogP contribution >= 0.6 is 47.0 Å². The maximum atomic E-state index is 13.3. The van der Waals surface area contributed by atoms with Gasteiger partial charge in [0.2, 0.25) is 20.0 Å². The maximum Gasteiger partial charge on any atom is 0.243 e. The number of nitrogens with zero attached hydrogens (tertiary/aromatic N) is 2. The fraction of sp³-hybridized carbons (Fsp3) is 0.538. The molecule has 1 aliphatic heterocycles. The third-order valence-corrected chi connectivity index (χ3v) is 14.2. The van der Waals surface area contributed by atoms with E-state index in [0.717, 1.165) is 57.1 Å². The summed E-state index contributed by atoms with van der Waals surface area (Å²) in [5.74, 6) is 6.55. The fourth-order valence-electron chi connectivity index (χ4n) is 3.73. The Kier molecular flexibility index (Phi) is 13.7. The standard InChI is InChI=1S/C26H38N2O4S6/c1-23-3-7-25(8-4-23)37(29,30)27-11-15-33-19-21-35-17-13-28(14-18-36-22-20-34-16-12-27)38(31,32)26-9-5-24(2)6-10-26/h3-10H,11-22H2,1-2H3. The second-order valence-electron chi connectivity index (χ2n) is 8.88. The van der Waals surface area contributed by atoms with E-state index >= 15 is 0 Å². The molecule has 0 N–H and O–H groups in total. The third-order valence-electron chi connectivity index (χ3n) is 6.00. The summed E-state index contributed by atoms with van der Waals surface area (Å²) in [6.07, 6.45) is 0. The lowest BCUT2D eigenvalue weighted by Crippen LogP contribution is -2.35.